The van der Waals surface area contributed by atoms with Gasteiger partial charge in [-0.25, -0.2) is 4.39 Å². The number of carbonyl (C=O) groups excluding carboxylic acids is 2. The molecule has 1 heterocycles. The van der Waals surface area contributed by atoms with Crippen LogP contribution in [0.3, 0.4) is 0 Å². The van der Waals surface area contributed by atoms with Gasteiger partial charge in [0, 0.05) is 40.5 Å². The summed E-state index contributed by atoms with van der Waals surface area (Å²) in [5.74, 6) is -0.650. The molecule has 1 aliphatic rings. The number of amides is 2. The van der Waals surface area contributed by atoms with Gasteiger partial charge in [-0.15, -0.1) is 0 Å². The van der Waals surface area contributed by atoms with Gasteiger partial charge < -0.3 is 15.4 Å². The number of carbonyl (C=O) groups is 2. The SMILES string of the molecule is NC(=O)C[C@@]1(COc2cccc(Cl)c2)CCCN(C(=O)Cc2c(F)cccc2Cl)C1. The number of piperidine rings is 1. The normalized spacial score (nSPS) is 18.8. The van der Waals surface area contributed by atoms with Crippen LogP contribution >= 0.6 is 23.2 Å². The number of likely N-dealkylation sites (tertiary alicyclic amines) is 1. The van der Waals surface area contributed by atoms with Crippen LogP contribution in [0.5, 0.6) is 5.75 Å². The Hall–Kier alpha value is -2.31. The van der Waals surface area contributed by atoms with E-state index in [1.807, 2.05) is 0 Å². The fourth-order valence-corrected chi connectivity index (χ4v) is 4.27. The van der Waals surface area contributed by atoms with Crippen LogP contribution in [0.1, 0.15) is 24.8 Å². The molecule has 2 aromatic rings. The zero-order chi connectivity index (χ0) is 21.7. The van der Waals surface area contributed by atoms with Crippen molar-refractivity contribution in [1.29, 1.82) is 0 Å². The molecular weight excluding hydrogens is 430 g/mol. The topological polar surface area (TPSA) is 72.6 Å². The first-order valence-electron chi connectivity index (χ1n) is 9.65. The number of hydrogen-bond donors (Lipinski definition) is 1. The summed E-state index contributed by atoms with van der Waals surface area (Å²) in [6, 6.07) is 11.3. The van der Waals surface area contributed by atoms with E-state index in [9.17, 15) is 14.0 Å². The summed E-state index contributed by atoms with van der Waals surface area (Å²) < 4.78 is 20.0. The fraction of sp³-hybridized carbons (Fsp3) is 0.364. The molecule has 0 bridgehead atoms. The van der Waals surface area contributed by atoms with Crippen molar-refractivity contribution in [3.63, 3.8) is 0 Å². The highest BCUT2D eigenvalue weighted by molar-refractivity contribution is 6.31. The van der Waals surface area contributed by atoms with Gasteiger partial charge in [0.1, 0.15) is 11.6 Å². The molecule has 1 atom stereocenters. The van der Waals surface area contributed by atoms with Gasteiger partial charge in [0.05, 0.1) is 13.0 Å². The Morgan fingerprint density at radius 2 is 1.97 bits per heavy atom. The molecule has 2 amide bonds. The van der Waals surface area contributed by atoms with Gasteiger partial charge in [-0.3, -0.25) is 9.59 Å². The summed E-state index contributed by atoms with van der Waals surface area (Å²) in [7, 11) is 0. The first-order chi connectivity index (χ1) is 14.3. The van der Waals surface area contributed by atoms with E-state index in [0.717, 1.165) is 0 Å². The molecule has 30 heavy (non-hydrogen) atoms. The average molecular weight is 453 g/mol. The van der Waals surface area contributed by atoms with Gasteiger partial charge in [-0.05, 0) is 43.2 Å². The van der Waals surface area contributed by atoms with Crippen molar-refractivity contribution in [3.05, 3.63) is 63.9 Å². The van der Waals surface area contributed by atoms with Crippen LogP contribution in [-0.2, 0) is 16.0 Å². The Labute approximate surface area is 184 Å². The van der Waals surface area contributed by atoms with E-state index >= 15 is 0 Å². The third-order valence-corrected chi connectivity index (χ3v) is 5.88. The highest BCUT2D eigenvalue weighted by Gasteiger charge is 2.39. The lowest BCUT2D eigenvalue weighted by Crippen LogP contribution is -2.50. The lowest BCUT2D eigenvalue weighted by molar-refractivity contribution is -0.136. The largest absolute Gasteiger partial charge is 0.493 e. The summed E-state index contributed by atoms with van der Waals surface area (Å²) >= 11 is 12.1. The number of halogens is 3. The van der Waals surface area contributed by atoms with E-state index in [-0.39, 0.29) is 35.9 Å². The molecule has 160 valence electrons. The van der Waals surface area contributed by atoms with Crippen molar-refractivity contribution in [2.24, 2.45) is 11.1 Å². The second kappa shape index (κ2) is 9.67. The molecule has 0 aliphatic carbocycles. The minimum absolute atomic E-state index is 0.0812. The van der Waals surface area contributed by atoms with E-state index in [2.05, 4.69) is 0 Å². The second-order valence-corrected chi connectivity index (χ2v) is 8.53. The van der Waals surface area contributed by atoms with Crippen LogP contribution in [0.2, 0.25) is 10.0 Å². The molecule has 0 aromatic heterocycles. The maximum Gasteiger partial charge on any atom is 0.227 e. The maximum atomic E-state index is 14.1. The van der Waals surface area contributed by atoms with E-state index in [4.69, 9.17) is 33.7 Å². The predicted molar refractivity (Wildman–Crippen MR) is 114 cm³/mol. The molecule has 8 heteroatoms. The van der Waals surface area contributed by atoms with Crippen LogP contribution in [-0.4, -0.2) is 36.4 Å². The molecule has 5 nitrogen and oxygen atoms in total. The van der Waals surface area contributed by atoms with Gasteiger partial charge in [0.2, 0.25) is 11.8 Å². The molecule has 0 saturated carbocycles. The van der Waals surface area contributed by atoms with E-state index in [1.165, 1.54) is 12.1 Å². The van der Waals surface area contributed by atoms with Gasteiger partial charge in [-0.1, -0.05) is 35.3 Å². The number of nitrogens with two attached hydrogens (primary N) is 1. The molecule has 1 fully saturated rings. The average Bonchev–Trinajstić information content (AvgIpc) is 2.69. The zero-order valence-electron chi connectivity index (χ0n) is 16.4. The van der Waals surface area contributed by atoms with Crippen LogP contribution in [0, 0.1) is 11.2 Å². The Kier molecular flexibility index (Phi) is 7.21. The zero-order valence-corrected chi connectivity index (χ0v) is 17.9. The first-order valence-corrected chi connectivity index (χ1v) is 10.4. The van der Waals surface area contributed by atoms with Gasteiger partial charge >= 0.3 is 0 Å². The monoisotopic (exact) mass is 452 g/mol. The number of benzene rings is 2. The summed E-state index contributed by atoms with van der Waals surface area (Å²) in [5.41, 5.74) is 5.05. The van der Waals surface area contributed by atoms with E-state index < -0.39 is 17.1 Å². The molecule has 0 unspecified atom stereocenters. The van der Waals surface area contributed by atoms with Crippen LogP contribution in [0.15, 0.2) is 42.5 Å². The van der Waals surface area contributed by atoms with Crippen LogP contribution in [0.25, 0.3) is 0 Å². The van der Waals surface area contributed by atoms with Crippen molar-refractivity contribution in [2.75, 3.05) is 19.7 Å². The Balaban J connectivity index is 1.74. The van der Waals surface area contributed by atoms with Crippen molar-refractivity contribution in [3.8, 4) is 5.75 Å². The van der Waals surface area contributed by atoms with Crippen molar-refractivity contribution in [1.82, 2.24) is 4.90 Å². The van der Waals surface area contributed by atoms with Crippen molar-refractivity contribution < 1.29 is 18.7 Å². The highest BCUT2D eigenvalue weighted by atomic mass is 35.5. The maximum absolute atomic E-state index is 14.1. The van der Waals surface area contributed by atoms with E-state index in [1.54, 1.807) is 35.2 Å². The Morgan fingerprint density at radius 3 is 2.67 bits per heavy atom. The van der Waals surface area contributed by atoms with Crippen molar-refractivity contribution in [2.45, 2.75) is 25.7 Å². The Morgan fingerprint density at radius 1 is 1.20 bits per heavy atom. The fourth-order valence-electron chi connectivity index (χ4n) is 3.86. The summed E-state index contributed by atoms with van der Waals surface area (Å²) in [4.78, 5) is 26.3. The standard InChI is InChI=1S/C22H23Cl2FN2O3/c23-15-4-1-5-16(10-15)30-14-22(12-20(26)28)8-3-9-27(13-22)21(29)11-17-18(24)6-2-7-19(17)25/h1-2,4-7,10H,3,8-9,11-14H2,(H2,26,28)/t22-/m0/s1. The van der Waals surface area contributed by atoms with Crippen LogP contribution < -0.4 is 10.5 Å². The molecular formula is C22H23Cl2FN2O3. The van der Waals surface area contributed by atoms with Gasteiger partial charge in [-0.2, -0.15) is 0 Å². The van der Waals surface area contributed by atoms with Gasteiger partial charge in [0.25, 0.3) is 0 Å². The smallest absolute Gasteiger partial charge is 0.227 e. The lowest BCUT2D eigenvalue weighted by Gasteiger charge is -2.42. The van der Waals surface area contributed by atoms with Gasteiger partial charge in [0.15, 0.2) is 0 Å². The second-order valence-electron chi connectivity index (χ2n) is 7.68. The third-order valence-electron chi connectivity index (χ3n) is 5.29. The quantitative estimate of drug-likeness (QED) is 0.682. The molecule has 0 spiro atoms. The summed E-state index contributed by atoms with van der Waals surface area (Å²) in [5, 5.41) is 0.756. The number of ether oxygens (including phenoxy) is 1. The summed E-state index contributed by atoms with van der Waals surface area (Å²) in [6.07, 6.45) is 1.30. The Bertz CT molecular complexity index is 920. The third kappa shape index (κ3) is 5.64. The minimum atomic E-state index is -0.624. The predicted octanol–water partition coefficient (Wildman–Crippen LogP) is 4.24. The van der Waals surface area contributed by atoms with E-state index in [0.29, 0.717) is 36.7 Å². The number of nitrogens with zero attached hydrogens (tertiary/aromatic N) is 1. The molecule has 3 rings (SSSR count). The number of hydrogen-bond acceptors (Lipinski definition) is 3. The van der Waals surface area contributed by atoms with Crippen LogP contribution in [0.4, 0.5) is 4.39 Å². The molecule has 2 N–H and O–H groups in total. The number of rotatable bonds is 7. The highest BCUT2D eigenvalue weighted by Crippen LogP contribution is 2.35. The molecule has 2 aromatic carbocycles. The molecule has 0 radical (unpaired) electrons. The molecule has 1 saturated heterocycles. The minimum Gasteiger partial charge on any atom is -0.493 e. The first kappa shape index (κ1) is 22.4. The lowest BCUT2D eigenvalue weighted by atomic mass is 9.77. The number of primary amides is 1. The molecule has 1 aliphatic heterocycles. The van der Waals surface area contributed by atoms with Crippen molar-refractivity contribution >= 4 is 35.0 Å². The summed E-state index contributed by atoms with van der Waals surface area (Å²) in [6.45, 7) is 1.02.